The Morgan fingerprint density at radius 1 is 1.44 bits per heavy atom. The van der Waals surface area contributed by atoms with E-state index in [1.165, 1.54) is 6.20 Å². The van der Waals surface area contributed by atoms with Crippen molar-refractivity contribution < 1.29 is 4.79 Å². The van der Waals surface area contributed by atoms with Crippen molar-refractivity contribution in [1.29, 1.82) is 10.5 Å². The van der Waals surface area contributed by atoms with E-state index in [0.29, 0.717) is 24.2 Å². The number of hydrogen-bond donors (Lipinski definition) is 0. The van der Waals surface area contributed by atoms with Crippen LogP contribution in [-0.4, -0.2) is 28.4 Å². The molecule has 1 heterocycles. The highest BCUT2D eigenvalue weighted by Crippen LogP contribution is 2.28. The number of aromatic nitrogens is 1. The van der Waals surface area contributed by atoms with Crippen LogP contribution in [0.4, 0.5) is 0 Å². The fourth-order valence-corrected chi connectivity index (χ4v) is 1.74. The molecule has 5 nitrogen and oxygen atoms in total. The Hall–Kier alpha value is -2.40. The van der Waals surface area contributed by atoms with Gasteiger partial charge in [-0.3, -0.25) is 4.79 Å². The molecule has 5 heteroatoms. The lowest BCUT2D eigenvalue weighted by atomic mass is 10.2. The minimum absolute atomic E-state index is 0.155. The fourth-order valence-electron chi connectivity index (χ4n) is 1.74. The summed E-state index contributed by atoms with van der Waals surface area (Å²) in [6.45, 7) is 0.446. The van der Waals surface area contributed by atoms with Crippen LogP contribution in [0.15, 0.2) is 18.3 Å². The number of rotatable bonds is 4. The third-order valence-corrected chi connectivity index (χ3v) is 2.82. The summed E-state index contributed by atoms with van der Waals surface area (Å²) in [7, 11) is 0. The molecule has 1 fully saturated rings. The van der Waals surface area contributed by atoms with E-state index >= 15 is 0 Å². The SMILES string of the molecule is N#CCCN(C(=O)c1ccc(C#N)cn1)C1CC1. The molecule has 1 saturated carbocycles. The molecule has 0 atom stereocenters. The first kappa shape index (κ1) is 12.1. The van der Waals surface area contributed by atoms with Crippen LogP contribution >= 0.6 is 0 Å². The van der Waals surface area contributed by atoms with Crippen LogP contribution in [0.25, 0.3) is 0 Å². The first-order valence-electron chi connectivity index (χ1n) is 5.80. The quantitative estimate of drug-likeness (QED) is 0.798. The second-order valence-electron chi connectivity index (χ2n) is 4.18. The van der Waals surface area contributed by atoms with Gasteiger partial charge in [-0.1, -0.05) is 0 Å². The number of amides is 1. The van der Waals surface area contributed by atoms with Gasteiger partial charge in [-0.05, 0) is 25.0 Å². The number of carbonyl (C=O) groups excluding carboxylic acids is 1. The van der Waals surface area contributed by atoms with Crippen molar-refractivity contribution >= 4 is 5.91 Å². The highest BCUT2D eigenvalue weighted by molar-refractivity contribution is 5.92. The number of nitrogens with zero attached hydrogens (tertiary/aromatic N) is 4. The van der Waals surface area contributed by atoms with Crippen LogP contribution < -0.4 is 0 Å². The zero-order valence-corrected chi connectivity index (χ0v) is 9.83. The largest absolute Gasteiger partial charge is 0.333 e. The van der Waals surface area contributed by atoms with Crippen LogP contribution in [0.3, 0.4) is 0 Å². The van der Waals surface area contributed by atoms with Gasteiger partial charge in [0.2, 0.25) is 0 Å². The first-order chi connectivity index (χ1) is 8.76. The Morgan fingerprint density at radius 2 is 2.22 bits per heavy atom. The molecule has 18 heavy (non-hydrogen) atoms. The fraction of sp³-hybridized carbons (Fsp3) is 0.385. The minimum Gasteiger partial charge on any atom is -0.333 e. The van der Waals surface area contributed by atoms with E-state index in [1.54, 1.807) is 17.0 Å². The summed E-state index contributed by atoms with van der Waals surface area (Å²) in [6.07, 6.45) is 3.71. The third-order valence-electron chi connectivity index (χ3n) is 2.82. The van der Waals surface area contributed by atoms with Gasteiger partial charge in [-0.15, -0.1) is 0 Å². The van der Waals surface area contributed by atoms with E-state index in [4.69, 9.17) is 10.5 Å². The highest BCUT2D eigenvalue weighted by atomic mass is 16.2. The lowest BCUT2D eigenvalue weighted by Gasteiger charge is -2.20. The van der Waals surface area contributed by atoms with Crippen LogP contribution in [0.2, 0.25) is 0 Å². The minimum atomic E-state index is -0.155. The van der Waals surface area contributed by atoms with E-state index in [0.717, 1.165) is 12.8 Å². The van der Waals surface area contributed by atoms with Gasteiger partial charge in [0.25, 0.3) is 5.91 Å². The smallest absolute Gasteiger partial charge is 0.272 e. The van der Waals surface area contributed by atoms with Crippen molar-refractivity contribution in [3.8, 4) is 12.1 Å². The van der Waals surface area contributed by atoms with Crippen LogP contribution in [-0.2, 0) is 0 Å². The van der Waals surface area contributed by atoms with Crippen LogP contribution in [0.1, 0.15) is 35.3 Å². The predicted molar refractivity (Wildman–Crippen MR) is 63.2 cm³/mol. The van der Waals surface area contributed by atoms with Crippen molar-refractivity contribution in [3.05, 3.63) is 29.6 Å². The Morgan fingerprint density at radius 3 is 2.72 bits per heavy atom. The number of carbonyl (C=O) groups is 1. The summed E-state index contributed by atoms with van der Waals surface area (Å²) in [5.74, 6) is -0.155. The Bertz CT molecular complexity index is 519. The zero-order chi connectivity index (χ0) is 13.0. The molecule has 0 bridgehead atoms. The molecule has 0 aliphatic heterocycles. The molecule has 0 aromatic carbocycles. The third kappa shape index (κ3) is 2.64. The summed E-state index contributed by atoms with van der Waals surface area (Å²) in [4.78, 5) is 17.9. The van der Waals surface area contributed by atoms with Crippen molar-refractivity contribution in [3.63, 3.8) is 0 Å². The molecule has 0 radical (unpaired) electrons. The lowest BCUT2D eigenvalue weighted by Crippen LogP contribution is -2.34. The number of pyridine rings is 1. The predicted octanol–water partition coefficient (Wildman–Crippen LogP) is 1.47. The van der Waals surface area contributed by atoms with Gasteiger partial charge in [0.1, 0.15) is 11.8 Å². The van der Waals surface area contributed by atoms with Crippen molar-refractivity contribution in [2.45, 2.75) is 25.3 Å². The maximum absolute atomic E-state index is 12.2. The molecule has 0 spiro atoms. The Labute approximate surface area is 105 Å². The average molecular weight is 240 g/mol. The van der Waals surface area contributed by atoms with Crippen molar-refractivity contribution in [2.75, 3.05) is 6.54 Å². The van der Waals surface area contributed by atoms with Gasteiger partial charge >= 0.3 is 0 Å². The standard InChI is InChI=1S/C13H12N4O/c14-6-1-7-17(11-3-4-11)13(18)12-5-2-10(8-15)9-16-12/h2,5,9,11H,1,3-4,7H2. The number of nitriles is 2. The molecule has 1 amide bonds. The normalized spacial score (nSPS) is 13.4. The van der Waals surface area contributed by atoms with Gasteiger partial charge in [0, 0.05) is 18.8 Å². The zero-order valence-electron chi connectivity index (χ0n) is 9.83. The molecule has 0 saturated heterocycles. The first-order valence-corrected chi connectivity index (χ1v) is 5.80. The van der Waals surface area contributed by atoms with Crippen molar-refractivity contribution in [2.24, 2.45) is 0 Å². The monoisotopic (exact) mass is 240 g/mol. The van der Waals surface area contributed by atoms with E-state index in [2.05, 4.69) is 4.98 Å². The molecule has 1 aliphatic carbocycles. The molecule has 1 aliphatic rings. The summed E-state index contributed by atoms with van der Waals surface area (Å²) in [6, 6.07) is 7.40. The molecule has 2 rings (SSSR count). The highest BCUT2D eigenvalue weighted by Gasteiger charge is 2.33. The maximum atomic E-state index is 12.2. The Kier molecular flexibility index (Phi) is 3.54. The Balaban J connectivity index is 2.12. The topological polar surface area (TPSA) is 80.8 Å². The van der Waals surface area contributed by atoms with Crippen molar-refractivity contribution in [1.82, 2.24) is 9.88 Å². The van der Waals surface area contributed by atoms with Crippen LogP contribution in [0, 0.1) is 22.7 Å². The van der Waals surface area contributed by atoms with Gasteiger partial charge in [0.05, 0.1) is 18.1 Å². The molecule has 0 unspecified atom stereocenters. The summed E-state index contributed by atoms with van der Waals surface area (Å²) in [5, 5.41) is 17.3. The van der Waals surface area contributed by atoms with E-state index in [-0.39, 0.29) is 11.9 Å². The average Bonchev–Trinajstić information content (AvgIpc) is 3.24. The van der Waals surface area contributed by atoms with Gasteiger partial charge in [-0.2, -0.15) is 10.5 Å². The molecule has 1 aromatic rings. The summed E-state index contributed by atoms with van der Waals surface area (Å²) < 4.78 is 0. The maximum Gasteiger partial charge on any atom is 0.272 e. The van der Waals surface area contributed by atoms with E-state index in [1.807, 2.05) is 12.1 Å². The summed E-state index contributed by atoms with van der Waals surface area (Å²) >= 11 is 0. The van der Waals surface area contributed by atoms with Gasteiger partial charge < -0.3 is 4.90 Å². The number of hydrogen-bond acceptors (Lipinski definition) is 4. The van der Waals surface area contributed by atoms with E-state index in [9.17, 15) is 4.79 Å². The van der Waals surface area contributed by atoms with Gasteiger partial charge in [0.15, 0.2) is 0 Å². The summed E-state index contributed by atoms with van der Waals surface area (Å²) in [5.41, 5.74) is 0.764. The molecule has 0 N–H and O–H groups in total. The molecule has 90 valence electrons. The van der Waals surface area contributed by atoms with E-state index < -0.39 is 0 Å². The van der Waals surface area contributed by atoms with Crippen LogP contribution in [0.5, 0.6) is 0 Å². The second kappa shape index (κ2) is 5.29. The molecular weight excluding hydrogens is 228 g/mol. The molecule has 1 aromatic heterocycles. The molecular formula is C13H12N4O. The lowest BCUT2D eigenvalue weighted by molar-refractivity contribution is 0.0741. The second-order valence-corrected chi connectivity index (χ2v) is 4.18. The van der Waals surface area contributed by atoms with Gasteiger partial charge in [-0.25, -0.2) is 4.98 Å².